The molecule has 164 valence electrons. The molecular formula is C25H30FN3O2. The smallest absolute Gasteiger partial charge is 0.244 e. The SMILES string of the molecule is Cc1[nH]c2c(F)ccc(C)c2c1CCNC(=O)C=Cc1ccc(OCCN(C)C)cc1. The summed E-state index contributed by atoms with van der Waals surface area (Å²) >= 11 is 0. The van der Waals surface area contributed by atoms with E-state index < -0.39 is 0 Å². The first-order valence-electron chi connectivity index (χ1n) is 10.4. The van der Waals surface area contributed by atoms with Crippen molar-refractivity contribution in [1.82, 2.24) is 15.2 Å². The normalized spacial score (nSPS) is 11.5. The first-order chi connectivity index (χ1) is 14.8. The number of carbonyl (C=O) groups is 1. The Balaban J connectivity index is 1.52. The van der Waals surface area contributed by atoms with Crippen molar-refractivity contribution in [2.24, 2.45) is 0 Å². The fourth-order valence-corrected chi connectivity index (χ4v) is 3.52. The number of H-pyrrole nitrogens is 1. The van der Waals surface area contributed by atoms with Crippen LogP contribution in [0.5, 0.6) is 5.75 Å². The fraction of sp³-hybridized carbons (Fsp3) is 0.320. The van der Waals surface area contributed by atoms with Gasteiger partial charge in [0, 0.05) is 30.2 Å². The quantitative estimate of drug-likeness (QED) is 0.506. The van der Waals surface area contributed by atoms with Gasteiger partial charge in [0.05, 0.1) is 5.52 Å². The number of nitrogens with one attached hydrogen (secondary N) is 2. The summed E-state index contributed by atoms with van der Waals surface area (Å²) in [6.45, 7) is 5.87. The maximum atomic E-state index is 14.1. The molecule has 1 aromatic heterocycles. The summed E-state index contributed by atoms with van der Waals surface area (Å²) in [5.41, 5.74) is 4.46. The van der Waals surface area contributed by atoms with Gasteiger partial charge in [-0.2, -0.15) is 0 Å². The van der Waals surface area contributed by atoms with Gasteiger partial charge in [0.25, 0.3) is 0 Å². The largest absolute Gasteiger partial charge is 0.492 e. The molecule has 0 aliphatic carbocycles. The Morgan fingerprint density at radius 1 is 1.16 bits per heavy atom. The number of ether oxygens (including phenoxy) is 1. The maximum Gasteiger partial charge on any atom is 0.244 e. The highest BCUT2D eigenvalue weighted by Crippen LogP contribution is 2.27. The number of carbonyl (C=O) groups excluding carboxylic acids is 1. The highest BCUT2D eigenvalue weighted by atomic mass is 19.1. The lowest BCUT2D eigenvalue weighted by Crippen LogP contribution is -2.23. The Hall–Kier alpha value is -3.12. The molecule has 1 amide bonds. The Labute approximate surface area is 182 Å². The molecule has 0 fully saturated rings. The highest BCUT2D eigenvalue weighted by Gasteiger charge is 2.13. The Morgan fingerprint density at radius 3 is 2.61 bits per heavy atom. The van der Waals surface area contributed by atoms with Gasteiger partial charge in [0.2, 0.25) is 5.91 Å². The number of rotatable bonds is 9. The van der Waals surface area contributed by atoms with E-state index in [1.807, 2.05) is 52.2 Å². The Morgan fingerprint density at radius 2 is 1.90 bits per heavy atom. The molecule has 3 aromatic rings. The third kappa shape index (κ3) is 5.95. The van der Waals surface area contributed by atoms with Gasteiger partial charge in [0.1, 0.15) is 18.2 Å². The summed E-state index contributed by atoms with van der Waals surface area (Å²) in [5.74, 6) is 0.395. The molecule has 0 spiro atoms. The van der Waals surface area contributed by atoms with Crippen molar-refractivity contribution >= 4 is 22.9 Å². The predicted octanol–water partition coefficient (Wildman–Crippen LogP) is 4.24. The second kappa shape index (κ2) is 10.3. The van der Waals surface area contributed by atoms with E-state index in [4.69, 9.17) is 4.74 Å². The molecule has 1 heterocycles. The van der Waals surface area contributed by atoms with Crippen molar-refractivity contribution in [2.45, 2.75) is 20.3 Å². The van der Waals surface area contributed by atoms with Crippen LogP contribution in [0.25, 0.3) is 17.0 Å². The van der Waals surface area contributed by atoms with Crippen LogP contribution in [-0.4, -0.2) is 49.6 Å². The summed E-state index contributed by atoms with van der Waals surface area (Å²) in [4.78, 5) is 17.4. The van der Waals surface area contributed by atoms with Crippen LogP contribution in [0.3, 0.4) is 0 Å². The van der Waals surface area contributed by atoms with Crippen LogP contribution in [0.2, 0.25) is 0 Å². The van der Waals surface area contributed by atoms with Crippen LogP contribution in [0, 0.1) is 19.7 Å². The van der Waals surface area contributed by atoms with E-state index in [1.54, 1.807) is 12.1 Å². The van der Waals surface area contributed by atoms with Crippen LogP contribution < -0.4 is 10.1 Å². The number of hydrogen-bond acceptors (Lipinski definition) is 3. The summed E-state index contributed by atoms with van der Waals surface area (Å²) < 4.78 is 19.7. The first-order valence-corrected chi connectivity index (χ1v) is 10.4. The fourth-order valence-electron chi connectivity index (χ4n) is 3.52. The molecule has 0 radical (unpaired) electrons. The lowest BCUT2D eigenvalue weighted by atomic mass is 10.0. The average Bonchev–Trinajstić information content (AvgIpc) is 3.07. The number of fused-ring (bicyclic) bond motifs is 1. The second-order valence-electron chi connectivity index (χ2n) is 7.94. The third-order valence-electron chi connectivity index (χ3n) is 5.22. The van der Waals surface area contributed by atoms with Crippen molar-refractivity contribution < 1.29 is 13.9 Å². The summed E-state index contributed by atoms with van der Waals surface area (Å²) in [7, 11) is 4.01. The molecule has 6 heteroatoms. The number of aromatic amines is 1. The number of nitrogens with zero attached hydrogens (tertiary/aromatic N) is 1. The Bertz CT molecular complexity index is 1070. The molecule has 3 rings (SSSR count). The predicted molar refractivity (Wildman–Crippen MR) is 124 cm³/mol. The summed E-state index contributed by atoms with van der Waals surface area (Å²) in [5, 5.41) is 3.82. The number of amides is 1. The third-order valence-corrected chi connectivity index (χ3v) is 5.22. The van der Waals surface area contributed by atoms with Crippen molar-refractivity contribution in [3.63, 3.8) is 0 Å². The monoisotopic (exact) mass is 423 g/mol. The molecule has 0 unspecified atom stereocenters. The van der Waals surface area contributed by atoms with E-state index in [0.29, 0.717) is 25.1 Å². The zero-order valence-corrected chi connectivity index (χ0v) is 18.6. The van der Waals surface area contributed by atoms with Crippen molar-refractivity contribution in [3.05, 3.63) is 70.7 Å². The first kappa shape index (κ1) is 22.6. The van der Waals surface area contributed by atoms with Gasteiger partial charge in [-0.1, -0.05) is 18.2 Å². The molecule has 31 heavy (non-hydrogen) atoms. The van der Waals surface area contributed by atoms with E-state index >= 15 is 0 Å². The highest BCUT2D eigenvalue weighted by molar-refractivity contribution is 5.92. The standard InChI is InChI=1S/C25H30FN3O2/c1-17-5-11-22(26)25-24(17)21(18(2)28-25)13-14-27-23(30)12-8-19-6-9-20(10-7-19)31-16-15-29(3)4/h5-12,28H,13-16H2,1-4H3,(H,27,30). The number of halogens is 1. The number of benzene rings is 2. The van der Waals surface area contributed by atoms with Crippen LogP contribution in [0.4, 0.5) is 4.39 Å². The van der Waals surface area contributed by atoms with Crippen molar-refractivity contribution in [3.8, 4) is 5.75 Å². The van der Waals surface area contributed by atoms with Crippen molar-refractivity contribution in [1.29, 1.82) is 0 Å². The molecule has 0 aliphatic heterocycles. The lowest BCUT2D eigenvalue weighted by Gasteiger charge is -2.10. The zero-order valence-electron chi connectivity index (χ0n) is 18.6. The number of hydrogen-bond donors (Lipinski definition) is 2. The minimum Gasteiger partial charge on any atom is -0.492 e. The minimum atomic E-state index is -0.254. The molecular weight excluding hydrogens is 393 g/mol. The molecule has 5 nitrogen and oxygen atoms in total. The molecule has 0 atom stereocenters. The molecule has 2 aromatic carbocycles. The van der Waals surface area contributed by atoms with E-state index in [2.05, 4.69) is 15.2 Å². The maximum absolute atomic E-state index is 14.1. The van der Waals surface area contributed by atoms with Gasteiger partial charge in [-0.25, -0.2) is 4.39 Å². The Kier molecular flexibility index (Phi) is 7.47. The number of aromatic nitrogens is 1. The molecule has 2 N–H and O–H groups in total. The van der Waals surface area contributed by atoms with Gasteiger partial charge >= 0.3 is 0 Å². The van der Waals surface area contributed by atoms with Crippen molar-refractivity contribution in [2.75, 3.05) is 33.8 Å². The number of likely N-dealkylation sites (N-methyl/N-ethyl adjacent to an activating group) is 1. The number of aryl methyl sites for hydroxylation is 2. The van der Waals surface area contributed by atoms with E-state index in [0.717, 1.165) is 40.1 Å². The average molecular weight is 424 g/mol. The summed E-state index contributed by atoms with van der Waals surface area (Å²) in [6, 6.07) is 10.9. The second-order valence-corrected chi connectivity index (χ2v) is 7.94. The van der Waals surface area contributed by atoms with E-state index in [-0.39, 0.29) is 11.7 Å². The zero-order chi connectivity index (χ0) is 22.4. The van der Waals surface area contributed by atoms with Crippen LogP contribution in [0.15, 0.2) is 42.5 Å². The van der Waals surface area contributed by atoms with E-state index in [9.17, 15) is 9.18 Å². The van der Waals surface area contributed by atoms with Gasteiger partial charge in [-0.05, 0) is 75.3 Å². The van der Waals surface area contributed by atoms with Gasteiger partial charge in [-0.3, -0.25) is 4.79 Å². The topological polar surface area (TPSA) is 57.4 Å². The van der Waals surface area contributed by atoms with E-state index in [1.165, 1.54) is 12.1 Å². The molecule has 0 saturated heterocycles. The van der Waals surface area contributed by atoms with Gasteiger partial charge < -0.3 is 19.9 Å². The van der Waals surface area contributed by atoms with Crippen LogP contribution in [0.1, 0.15) is 22.4 Å². The minimum absolute atomic E-state index is 0.160. The lowest BCUT2D eigenvalue weighted by molar-refractivity contribution is -0.116. The molecule has 0 bridgehead atoms. The van der Waals surface area contributed by atoms with Gasteiger partial charge in [-0.15, -0.1) is 0 Å². The van der Waals surface area contributed by atoms with Crippen LogP contribution >= 0.6 is 0 Å². The summed E-state index contributed by atoms with van der Waals surface area (Å²) in [6.07, 6.45) is 3.93. The molecule has 0 saturated carbocycles. The van der Waals surface area contributed by atoms with Gasteiger partial charge in [0.15, 0.2) is 0 Å². The molecule has 0 aliphatic rings. The van der Waals surface area contributed by atoms with Crippen LogP contribution in [-0.2, 0) is 11.2 Å².